The van der Waals surface area contributed by atoms with E-state index >= 15 is 0 Å². The summed E-state index contributed by atoms with van der Waals surface area (Å²) in [7, 11) is 0. The number of aryl methyl sites for hydroxylation is 1. The number of hydrogen-bond donors (Lipinski definition) is 0. The first-order chi connectivity index (χ1) is 11.2. The largest absolute Gasteiger partial charge is 0.462 e. The van der Waals surface area contributed by atoms with Crippen LogP contribution in [0.15, 0.2) is 42.6 Å². The van der Waals surface area contributed by atoms with E-state index in [1.807, 2.05) is 25.3 Å². The summed E-state index contributed by atoms with van der Waals surface area (Å²) in [5.74, 6) is -0.732. The van der Waals surface area contributed by atoms with Crippen LogP contribution < -0.4 is 0 Å². The molecule has 0 bridgehead atoms. The number of esters is 1. The Morgan fingerprint density at radius 1 is 1.22 bits per heavy atom. The summed E-state index contributed by atoms with van der Waals surface area (Å²) in [6, 6.07) is 9.76. The number of fused-ring (bicyclic) bond motifs is 1. The third kappa shape index (κ3) is 2.70. The van der Waals surface area contributed by atoms with Crippen molar-refractivity contribution in [2.45, 2.75) is 20.3 Å². The van der Waals surface area contributed by atoms with Gasteiger partial charge in [-0.05, 0) is 55.3 Å². The Labute approximate surface area is 133 Å². The molecule has 0 spiro atoms. The molecule has 0 aliphatic carbocycles. The second-order valence-corrected chi connectivity index (χ2v) is 5.12. The average molecular weight is 312 g/mol. The highest BCUT2D eigenvalue weighted by Gasteiger charge is 2.22. The minimum absolute atomic E-state index is 0.289. The summed E-state index contributed by atoms with van der Waals surface area (Å²) in [5.41, 5.74) is 3.39. The van der Waals surface area contributed by atoms with E-state index < -0.39 is 5.97 Å². The highest BCUT2D eigenvalue weighted by molar-refractivity contribution is 5.99. The number of aromatic nitrogens is 2. The second-order valence-electron chi connectivity index (χ2n) is 5.12. The summed E-state index contributed by atoms with van der Waals surface area (Å²) in [4.78, 5) is 12.5. The Kier molecular flexibility index (Phi) is 4.10. The molecule has 23 heavy (non-hydrogen) atoms. The minimum Gasteiger partial charge on any atom is -0.462 e. The van der Waals surface area contributed by atoms with Gasteiger partial charge in [0.1, 0.15) is 11.5 Å². The van der Waals surface area contributed by atoms with E-state index in [2.05, 4.69) is 5.10 Å². The Morgan fingerprint density at radius 3 is 2.61 bits per heavy atom. The lowest BCUT2D eigenvalue weighted by Gasteiger charge is -2.14. The van der Waals surface area contributed by atoms with Gasteiger partial charge in [-0.1, -0.05) is 6.92 Å². The zero-order valence-electron chi connectivity index (χ0n) is 13.0. The van der Waals surface area contributed by atoms with Gasteiger partial charge in [-0.2, -0.15) is 5.10 Å². The Hall–Kier alpha value is -2.69. The molecule has 0 aliphatic heterocycles. The van der Waals surface area contributed by atoms with E-state index in [1.54, 1.807) is 23.6 Å². The van der Waals surface area contributed by atoms with Gasteiger partial charge < -0.3 is 4.74 Å². The number of ether oxygens (including phenoxy) is 1. The number of nitrogens with zero attached hydrogens (tertiary/aromatic N) is 2. The van der Waals surface area contributed by atoms with Crippen LogP contribution in [0, 0.1) is 5.82 Å². The van der Waals surface area contributed by atoms with Gasteiger partial charge in [0.25, 0.3) is 0 Å². The van der Waals surface area contributed by atoms with E-state index in [0.29, 0.717) is 23.2 Å². The molecule has 0 amide bonds. The van der Waals surface area contributed by atoms with Crippen molar-refractivity contribution in [3.05, 3.63) is 59.5 Å². The number of benzene rings is 1. The van der Waals surface area contributed by atoms with Gasteiger partial charge in [0.05, 0.1) is 17.7 Å². The molecule has 0 radical (unpaired) electrons. The van der Waals surface area contributed by atoms with Crippen molar-refractivity contribution < 1.29 is 13.9 Å². The normalized spacial score (nSPS) is 10.9. The lowest BCUT2D eigenvalue weighted by Crippen LogP contribution is -2.13. The fourth-order valence-electron chi connectivity index (χ4n) is 2.72. The highest BCUT2D eigenvalue weighted by atomic mass is 19.1. The Morgan fingerprint density at radius 2 is 1.96 bits per heavy atom. The average Bonchev–Trinajstić information content (AvgIpc) is 3.02. The first-order valence-corrected chi connectivity index (χ1v) is 7.59. The maximum Gasteiger partial charge on any atom is 0.340 e. The van der Waals surface area contributed by atoms with Crippen molar-refractivity contribution in [2.24, 2.45) is 0 Å². The van der Waals surface area contributed by atoms with Crippen LogP contribution in [0.5, 0.6) is 0 Å². The van der Waals surface area contributed by atoms with E-state index in [9.17, 15) is 9.18 Å². The molecule has 1 aromatic carbocycles. The SMILES string of the molecule is CCOC(=O)c1c(-c2ccc(F)cc2)nn2cccc2c1CC. The zero-order chi connectivity index (χ0) is 16.4. The first-order valence-electron chi connectivity index (χ1n) is 7.59. The van der Waals surface area contributed by atoms with Crippen LogP contribution in [0.1, 0.15) is 29.8 Å². The van der Waals surface area contributed by atoms with Gasteiger partial charge in [-0.15, -0.1) is 0 Å². The van der Waals surface area contributed by atoms with Crippen LogP contribution in [0.2, 0.25) is 0 Å². The summed E-state index contributed by atoms with van der Waals surface area (Å²) in [5, 5.41) is 4.54. The predicted molar refractivity (Wildman–Crippen MR) is 85.9 cm³/mol. The van der Waals surface area contributed by atoms with Crippen molar-refractivity contribution in [3.63, 3.8) is 0 Å². The van der Waals surface area contributed by atoms with Gasteiger partial charge >= 0.3 is 5.97 Å². The van der Waals surface area contributed by atoms with E-state index in [0.717, 1.165) is 11.1 Å². The van der Waals surface area contributed by atoms with E-state index in [4.69, 9.17) is 4.74 Å². The highest BCUT2D eigenvalue weighted by Crippen LogP contribution is 2.28. The standard InChI is InChI=1S/C18H17FN2O2/c1-3-14-15-6-5-11-21(15)20-17(16(14)18(22)23-4-2)12-7-9-13(19)10-8-12/h5-11H,3-4H2,1-2H3. The fourth-order valence-corrected chi connectivity index (χ4v) is 2.72. The Balaban J connectivity index is 2.31. The predicted octanol–water partition coefficient (Wildman–Crippen LogP) is 3.88. The summed E-state index contributed by atoms with van der Waals surface area (Å²) in [6.07, 6.45) is 2.49. The van der Waals surface area contributed by atoms with Gasteiger partial charge in [-0.3, -0.25) is 0 Å². The molecular weight excluding hydrogens is 295 g/mol. The molecule has 118 valence electrons. The van der Waals surface area contributed by atoms with Gasteiger partial charge in [0.15, 0.2) is 0 Å². The molecule has 0 saturated heterocycles. The summed E-state index contributed by atoms with van der Waals surface area (Å²) >= 11 is 0. The van der Waals surface area contributed by atoms with Gasteiger partial charge in [-0.25, -0.2) is 13.7 Å². The molecule has 0 saturated carbocycles. The lowest BCUT2D eigenvalue weighted by molar-refractivity contribution is 0.0525. The van der Waals surface area contributed by atoms with Crippen LogP contribution >= 0.6 is 0 Å². The van der Waals surface area contributed by atoms with Crippen molar-refractivity contribution in [1.82, 2.24) is 9.61 Å². The van der Waals surface area contributed by atoms with E-state index in [1.165, 1.54) is 12.1 Å². The van der Waals surface area contributed by atoms with Crippen LogP contribution in [0.3, 0.4) is 0 Å². The van der Waals surface area contributed by atoms with Crippen LogP contribution in [0.4, 0.5) is 4.39 Å². The second kappa shape index (κ2) is 6.20. The topological polar surface area (TPSA) is 43.6 Å². The molecule has 0 atom stereocenters. The molecular formula is C18H17FN2O2. The number of halogens is 1. The minimum atomic E-state index is -0.403. The number of rotatable bonds is 4. The van der Waals surface area contributed by atoms with Crippen LogP contribution in [0.25, 0.3) is 16.8 Å². The molecule has 2 aromatic heterocycles. The maximum absolute atomic E-state index is 13.2. The van der Waals surface area contributed by atoms with Crippen LogP contribution in [-0.4, -0.2) is 22.2 Å². The fraction of sp³-hybridized carbons (Fsp3) is 0.222. The van der Waals surface area contributed by atoms with Crippen molar-refractivity contribution in [2.75, 3.05) is 6.61 Å². The third-order valence-electron chi connectivity index (χ3n) is 3.73. The number of carbonyl (C=O) groups excluding carboxylic acids is 1. The molecule has 0 fully saturated rings. The molecule has 0 N–H and O–H groups in total. The molecule has 5 heteroatoms. The van der Waals surface area contributed by atoms with Gasteiger partial charge in [0, 0.05) is 11.8 Å². The quantitative estimate of drug-likeness (QED) is 0.687. The lowest BCUT2D eigenvalue weighted by atomic mass is 9.99. The molecule has 0 aliphatic rings. The maximum atomic E-state index is 13.2. The Bertz CT molecular complexity index is 853. The number of carbonyl (C=O) groups is 1. The van der Waals surface area contributed by atoms with Crippen molar-refractivity contribution in [3.8, 4) is 11.3 Å². The van der Waals surface area contributed by atoms with E-state index in [-0.39, 0.29) is 12.4 Å². The smallest absolute Gasteiger partial charge is 0.340 e. The first kappa shape index (κ1) is 15.2. The molecule has 3 aromatic rings. The number of hydrogen-bond acceptors (Lipinski definition) is 3. The third-order valence-corrected chi connectivity index (χ3v) is 3.73. The molecule has 3 rings (SSSR count). The molecule has 2 heterocycles. The monoisotopic (exact) mass is 312 g/mol. The molecule has 0 unspecified atom stereocenters. The zero-order valence-corrected chi connectivity index (χ0v) is 13.0. The summed E-state index contributed by atoms with van der Waals surface area (Å²) < 4.78 is 20.2. The van der Waals surface area contributed by atoms with Crippen molar-refractivity contribution in [1.29, 1.82) is 0 Å². The summed E-state index contributed by atoms with van der Waals surface area (Å²) in [6.45, 7) is 4.04. The van der Waals surface area contributed by atoms with Gasteiger partial charge in [0.2, 0.25) is 0 Å². The van der Waals surface area contributed by atoms with Crippen molar-refractivity contribution >= 4 is 11.5 Å². The molecule has 4 nitrogen and oxygen atoms in total. The van der Waals surface area contributed by atoms with Crippen LogP contribution in [-0.2, 0) is 11.2 Å².